The molecule has 1 atom stereocenters. The molecular formula is C34H36Cl4N4O4. The molecule has 0 radical (unpaired) electrons. The van der Waals surface area contributed by atoms with E-state index in [0.29, 0.717) is 48.0 Å². The number of carbonyl (C=O) groups excluding carboxylic acids is 2. The third-order valence-electron chi connectivity index (χ3n) is 7.94. The molecule has 8 nitrogen and oxygen atoms in total. The SMILES string of the molecule is O=C(Nc1ccccc1)N(CC1=CC(Cc2cccc(Cl)c2)(NC(=O)C(Cl)(Cl)Cl)CC1)c1cccc(OCCN2CCOCC2)c1. The summed E-state index contributed by atoms with van der Waals surface area (Å²) >= 11 is 24.2. The zero-order chi connectivity index (χ0) is 32.6. The van der Waals surface area contributed by atoms with Crippen LogP contribution in [0, 0.1) is 0 Å². The van der Waals surface area contributed by atoms with Gasteiger partial charge in [-0.05, 0) is 61.2 Å². The van der Waals surface area contributed by atoms with Crippen LogP contribution in [-0.2, 0) is 16.0 Å². The number of nitrogens with zero attached hydrogens (tertiary/aromatic N) is 2. The standard InChI is InChI=1S/C34H36Cl4N4O4/c35-27-7-4-6-25(20-27)22-33(40-31(43)34(36,37)38)13-12-26(23-33)24-42(32(44)39-28-8-2-1-3-9-28)29-10-5-11-30(21-29)46-19-16-41-14-17-45-18-15-41/h1-11,20-21,23H,12-19,22,24H2,(H,39,44)(H,40,43). The molecule has 1 fully saturated rings. The molecule has 1 saturated heterocycles. The number of morpholine rings is 1. The predicted octanol–water partition coefficient (Wildman–Crippen LogP) is 7.28. The number of ether oxygens (including phenoxy) is 2. The molecule has 0 bridgehead atoms. The molecule has 3 amide bonds. The zero-order valence-electron chi connectivity index (χ0n) is 25.2. The minimum atomic E-state index is -2.14. The Bertz CT molecular complexity index is 1530. The van der Waals surface area contributed by atoms with E-state index in [9.17, 15) is 9.59 Å². The topological polar surface area (TPSA) is 83.1 Å². The monoisotopic (exact) mass is 704 g/mol. The van der Waals surface area contributed by atoms with Crippen LogP contribution in [0.5, 0.6) is 5.75 Å². The summed E-state index contributed by atoms with van der Waals surface area (Å²) in [5, 5.41) is 6.55. The Balaban J connectivity index is 1.39. The molecular weight excluding hydrogens is 670 g/mol. The molecule has 2 N–H and O–H groups in total. The van der Waals surface area contributed by atoms with Crippen molar-refractivity contribution in [2.24, 2.45) is 0 Å². The number of benzene rings is 3. The summed E-state index contributed by atoms with van der Waals surface area (Å²) in [5.74, 6) is -0.0634. The Labute approximate surface area is 289 Å². The van der Waals surface area contributed by atoms with Gasteiger partial charge in [0, 0.05) is 48.6 Å². The fourth-order valence-corrected chi connectivity index (χ4v) is 6.04. The van der Waals surface area contributed by atoms with Gasteiger partial charge in [-0.15, -0.1) is 0 Å². The molecule has 0 spiro atoms. The van der Waals surface area contributed by atoms with Crippen molar-refractivity contribution < 1.29 is 19.1 Å². The number of alkyl halides is 3. The highest BCUT2D eigenvalue weighted by atomic mass is 35.6. The van der Waals surface area contributed by atoms with Crippen LogP contribution in [0.25, 0.3) is 0 Å². The summed E-state index contributed by atoms with van der Waals surface area (Å²) < 4.78 is 9.40. The van der Waals surface area contributed by atoms with Crippen molar-refractivity contribution in [3.8, 4) is 5.75 Å². The largest absolute Gasteiger partial charge is 0.492 e. The van der Waals surface area contributed by atoms with Gasteiger partial charge in [0.25, 0.3) is 9.70 Å². The third-order valence-corrected chi connectivity index (χ3v) is 8.69. The smallest absolute Gasteiger partial charge is 0.326 e. The summed E-state index contributed by atoms with van der Waals surface area (Å²) in [5.41, 5.74) is 2.33. The summed E-state index contributed by atoms with van der Waals surface area (Å²) in [6.45, 7) is 4.78. The van der Waals surface area contributed by atoms with Gasteiger partial charge >= 0.3 is 6.03 Å². The first-order valence-electron chi connectivity index (χ1n) is 15.1. The van der Waals surface area contributed by atoms with Gasteiger partial charge in [0.2, 0.25) is 0 Å². The third kappa shape index (κ3) is 9.77. The lowest BCUT2D eigenvalue weighted by Gasteiger charge is -2.30. The maximum absolute atomic E-state index is 13.8. The Kier molecular flexibility index (Phi) is 11.8. The Hall–Kier alpha value is -2.98. The fourth-order valence-electron chi connectivity index (χ4n) is 5.69. The van der Waals surface area contributed by atoms with Crippen molar-refractivity contribution in [3.63, 3.8) is 0 Å². The maximum Gasteiger partial charge on any atom is 0.326 e. The van der Waals surface area contributed by atoms with Gasteiger partial charge in [0.15, 0.2) is 0 Å². The van der Waals surface area contributed by atoms with Crippen LogP contribution in [0.2, 0.25) is 5.02 Å². The number of carbonyl (C=O) groups is 2. The predicted molar refractivity (Wildman–Crippen MR) is 186 cm³/mol. The van der Waals surface area contributed by atoms with Crippen LogP contribution in [-0.4, -0.2) is 72.2 Å². The lowest BCUT2D eigenvalue weighted by molar-refractivity contribution is -0.121. The Morgan fingerprint density at radius 1 is 0.978 bits per heavy atom. The molecule has 0 aromatic heterocycles. The van der Waals surface area contributed by atoms with E-state index in [2.05, 4.69) is 15.5 Å². The van der Waals surface area contributed by atoms with Crippen molar-refractivity contribution in [2.75, 3.05) is 56.2 Å². The number of halogens is 4. The zero-order valence-corrected chi connectivity index (χ0v) is 28.2. The van der Waals surface area contributed by atoms with E-state index in [1.165, 1.54) is 0 Å². The molecule has 12 heteroatoms. The summed E-state index contributed by atoms with van der Waals surface area (Å²) in [6.07, 6.45) is 3.55. The first kappa shape index (κ1) is 34.4. The first-order valence-corrected chi connectivity index (χ1v) is 16.6. The van der Waals surface area contributed by atoms with Crippen LogP contribution >= 0.6 is 46.4 Å². The van der Waals surface area contributed by atoms with Crippen molar-refractivity contribution in [3.05, 3.63) is 101 Å². The van der Waals surface area contributed by atoms with Crippen molar-refractivity contribution in [1.29, 1.82) is 0 Å². The summed E-state index contributed by atoms with van der Waals surface area (Å²) in [6, 6.07) is 23.9. The quantitative estimate of drug-likeness (QED) is 0.162. The molecule has 5 rings (SSSR count). The normalized spacial score (nSPS) is 18.5. The van der Waals surface area contributed by atoms with E-state index < -0.39 is 15.2 Å². The van der Waals surface area contributed by atoms with Gasteiger partial charge in [-0.25, -0.2) is 4.79 Å². The van der Waals surface area contributed by atoms with Gasteiger partial charge < -0.3 is 20.1 Å². The van der Waals surface area contributed by atoms with Crippen LogP contribution in [0.4, 0.5) is 16.2 Å². The second kappa shape index (κ2) is 15.7. The van der Waals surface area contributed by atoms with Crippen LogP contribution < -0.4 is 20.3 Å². The fraction of sp³-hybridized carbons (Fsp3) is 0.353. The molecule has 1 aliphatic heterocycles. The highest BCUT2D eigenvalue weighted by Crippen LogP contribution is 2.36. The highest BCUT2D eigenvalue weighted by molar-refractivity contribution is 6.76. The first-order chi connectivity index (χ1) is 22.1. The Morgan fingerprint density at radius 2 is 1.74 bits per heavy atom. The van der Waals surface area contributed by atoms with E-state index in [1.54, 1.807) is 11.0 Å². The average molecular weight is 706 g/mol. The number of para-hydroxylation sites is 1. The van der Waals surface area contributed by atoms with E-state index in [1.807, 2.05) is 78.9 Å². The lowest BCUT2D eigenvalue weighted by Crippen LogP contribution is -2.51. The number of amides is 3. The lowest BCUT2D eigenvalue weighted by atomic mass is 9.90. The molecule has 0 saturated carbocycles. The number of nitrogens with one attached hydrogen (secondary N) is 2. The molecule has 244 valence electrons. The van der Waals surface area contributed by atoms with Gasteiger partial charge in [0.1, 0.15) is 12.4 Å². The summed E-state index contributed by atoms with van der Waals surface area (Å²) in [4.78, 5) is 30.7. The molecule has 3 aromatic carbocycles. The minimum absolute atomic E-state index is 0.261. The molecule has 3 aromatic rings. The van der Waals surface area contributed by atoms with E-state index in [-0.39, 0.29) is 12.6 Å². The van der Waals surface area contributed by atoms with E-state index >= 15 is 0 Å². The number of hydrogen-bond acceptors (Lipinski definition) is 5. The van der Waals surface area contributed by atoms with Crippen LogP contribution in [0.1, 0.15) is 18.4 Å². The van der Waals surface area contributed by atoms with Gasteiger partial charge in [-0.1, -0.05) is 94.5 Å². The number of anilines is 2. The van der Waals surface area contributed by atoms with Crippen molar-refractivity contribution in [1.82, 2.24) is 10.2 Å². The highest BCUT2D eigenvalue weighted by Gasteiger charge is 2.41. The average Bonchev–Trinajstić information content (AvgIpc) is 3.42. The molecule has 1 aliphatic carbocycles. The minimum Gasteiger partial charge on any atom is -0.492 e. The van der Waals surface area contributed by atoms with Crippen molar-refractivity contribution >= 4 is 69.7 Å². The van der Waals surface area contributed by atoms with Crippen molar-refractivity contribution in [2.45, 2.75) is 28.6 Å². The second-order valence-corrected chi connectivity index (χ2v) is 14.1. The van der Waals surface area contributed by atoms with Gasteiger partial charge in [0.05, 0.1) is 18.8 Å². The van der Waals surface area contributed by atoms with E-state index in [4.69, 9.17) is 55.9 Å². The molecule has 46 heavy (non-hydrogen) atoms. The molecule has 2 aliphatic rings. The number of urea groups is 1. The second-order valence-electron chi connectivity index (χ2n) is 11.4. The number of hydrogen-bond donors (Lipinski definition) is 2. The van der Waals surface area contributed by atoms with Crippen LogP contribution in [0.3, 0.4) is 0 Å². The maximum atomic E-state index is 13.8. The molecule has 1 unspecified atom stereocenters. The Morgan fingerprint density at radius 3 is 2.48 bits per heavy atom. The van der Waals surface area contributed by atoms with Gasteiger partial charge in [-0.2, -0.15) is 0 Å². The van der Waals surface area contributed by atoms with Crippen LogP contribution in [0.15, 0.2) is 90.5 Å². The molecule has 1 heterocycles. The summed E-state index contributed by atoms with van der Waals surface area (Å²) in [7, 11) is 0. The van der Waals surface area contributed by atoms with Gasteiger partial charge in [-0.3, -0.25) is 14.6 Å². The number of rotatable bonds is 11. The van der Waals surface area contributed by atoms with E-state index in [0.717, 1.165) is 44.0 Å².